The fraction of sp³-hybridized carbons (Fsp3) is 0.684. The minimum absolute atomic E-state index is 0.0762. The molecule has 0 radical (unpaired) electrons. The van der Waals surface area contributed by atoms with Gasteiger partial charge in [0, 0.05) is 10.8 Å². The van der Waals surface area contributed by atoms with Crippen LogP contribution in [-0.4, -0.2) is 18.5 Å². The van der Waals surface area contributed by atoms with Crippen LogP contribution in [0.25, 0.3) is 0 Å². The van der Waals surface area contributed by atoms with E-state index < -0.39 is 0 Å². The van der Waals surface area contributed by atoms with Crippen molar-refractivity contribution in [3.8, 4) is 0 Å². The molecule has 5 heteroatoms. The summed E-state index contributed by atoms with van der Waals surface area (Å²) in [6.07, 6.45) is 10.8. The van der Waals surface area contributed by atoms with E-state index >= 15 is 0 Å². The van der Waals surface area contributed by atoms with Gasteiger partial charge in [-0.15, -0.1) is 11.3 Å². The van der Waals surface area contributed by atoms with Crippen LogP contribution in [0.2, 0.25) is 0 Å². The molecule has 1 saturated carbocycles. The van der Waals surface area contributed by atoms with Gasteiger partial charge >= 0.3 is 5.97 Å². The quantitative estimate of drug-likeness (QED) is 0.801. The van der Waals surface area contributed by atoms with Gasteiger partial charge in [0.25, 0.3) is 0 Å². The number of fused-ring (bicyclic) bond motifs is 1. The van der Waals surface area contributed by atoms with Crippen LogP contribution in [-0.2, 0) is 22.4 Å². The highest BCUT2D eigenvalue weighted by Gasteiger charge is 2.29. The molecular formula is C19H27NO3S. The van der Waals surface area contributed by atoms with Gasteiger partial charge in [-0.05, 0) is 51.0 Å². The molecule has 0 unspecified atom stereocenters. The van der Waals surface area contributed by atoms with E-state index in [0.29, 0.717) is 12.2 Å². The van der Waals surface area contributed by atoms with Crippen molar-refractivity contribution in [3.63, 3.8) is 0 Å². The third-order valence-electron chi connectivity index (χ3n) is 5.11. The highest BCUT2D eigenvalue weighted by Crippen LogP contribution is 2.38. The van der Waals surface area contributed by atoms with Crippen molar-refractivity contribution >= 4 is 28.2 Å². The molecule has 24 heavy (non-hydrogen) atoms. The fourth-order valence-electron chi connectivity index (χ4n) is 3.83. The lowest BCUT2D eigenvalue weighted by atomic mass is 9.96. The number of esters is 1. The summed E-state index contributed by atoms with van der Waals surface area (Å²) in [4.78, 5) is 26.3. The molecule has 2 aliphatic carbocycles. The highest BCUT2D eigenvalue weighted by atomic mass is 32.1. The average molecular weight is 349 g/mol. The maximum absolute atomic E-state index is 12.5. The monoisotopic (exact) mass is 349 g/mol. The second kappa shape index (κ2) is 8.15. The van der Waals surface area contributed by atoms with Gasteiger partial charge in [-0.3, -0.25) is 4.79 Å². The van der Waals surface area contributed by atoms with E-state index in [-0.39, 0.29) is 17.8 Å². The van der Waals surface area contributed by atoms with E-state index in [1.54, 1.807) is 11.3 Å². The number of amides is 1. The molecule has 1 fully saturated rings. The Morgan fingerprint density at radius 2 is 1.79 bits per heavy atom. The molecule has 0 bridgehead atoms. The molecular weight excluding hydrogens is 322 g/mol. The third-order valence-corrected chi connectivity index (χ3v) is 6.32. The molecule has 1 aromatic heterocycles. The SMILES string of the molecule is CCOC(=O)c1c(NC(=O)C2CCCC2)sc2c1CCCCCC2. The Bertz CT molecular complexity index is 602. The van der Waals surface area contributed by atoms with Gasteiger partial charge in [0.1, 0.15) is 5.00 Å². The lowest BCUT2D eigenvalue weighted by molar-refractivity contribution is -0.119. The molecule has 0 saturated heterocycles. The van der Waals surface area contributed by atoms with Gasteiger partial charge in [-0.1, -0.05) is 25.7 Å². The zero-order chi connectivity index (χ0) is 16.9. The lowest BCUT2D eigenvalue weighted by Gasteiger charge is -2.12. The summed E-state index contributed by atoms with van der Waals surface area (Å²) >= 11 is 1.59. The smallest absolute Gasteiger partial charge is 0.341 e. The molecule has 1 aromatic rings. The Morgan fingerprint density at radius 3 is 2.50 bits per heavy atom. The van der Waals surface area contributed by atoms with Crippen LogP contribution in [0, 0.1) is 5.92 Å². The molecule has 2 aliphatic rings. The Kier molecular flexibility index (Phi) is 5.93. The summed E-state index contributed by atoms with van der Waals surface area (Å²) < 4.78 is 5.29. The first-order valence-electron chi connectivity index (χ1n) is 9.33. The summed E-state index contributed by atoms with van der Waals surface area (Å²) in [6, 6.07) is 0. The number of rotatable bonds is 4. The Labute approximate surface area is 148 Å². The number of thiophene rings is 1. The summed E-state index contributed by atoms with van der Waals surface area (Å²) in [5, 5.41) is 3.79. The number of hydrogen-bond acceptors (Lipinski definition) is 4. The van der Waals surface area contributed by atoms with Crippen molar-refractivity contribution in [3.05, 3.63) is 16.0 Å². The van der Waals surface area contributed by atoms with Crippen molar-refractivity contribution in [2.75, 3.05) is 11.9 Å². The lowest BCUT2D eigenvalue weighted by Crippen LogP contribution is -2.21. The van der Waals surface area contributed by atoms with Crippen molar-refractivity contribution in [2.24, 2.45) is 5.92 Å². The van der Waals surface area contributed by atoms with Crippen LogP contribution in [0.15, 0.2) is 0 Å². The fourth-order valence-corrected chi connectivity index (χ4v) is 5.11. The average Bonchev–Trinajstić information content (AvgIpc) is 3.16. The summed E-state index contributed by atoms with van der Waals surface area (Å²) in [7, 11) is 0. The highest BCUT2D eigenvalue weighted by molar-refractivity contribution is 7.17. The number of carbonyl (C=O) groups is 2. The molecule has 1 N–H and O–H groups in total. The van der Waals surface area contributed by atoms with Gasteiger partial charge in [0.15, 0.2) is 0 Å². The largest absolute Gasteiger partial charge is 0.462 e. The van der Waals surface area contributed by atoms with E-state index in [0.717, 1.165) is 61.9 Å². The van der Waals surface area contributed by atoms with Crippen molar-refractivity contribution in [1.82, 2.24) is 0 Å². The van der Waals surface area contributed by atoms with Gasteiger partial charge in [-0.25, -0.2) is 4.79 Å². The number of carbonyl (C=O) groups excluding carboxylic acids is 2. The van der Waals surface area contributed by atoms with Crippen molar-refractivity contribution in [1.29, 1.82) is 0 Å². The van der Waals surface area contributed by atoms with E-state index in [4.69, 9.17) is 4.74 Å². The summed E-state index contributed by atoms with van der Waals surface area (Å²) in [5.74, 6) is -0.103. The number of anilines is 1. The number of aryl methyl sites for hydroxylation is 1. The topological polar surface area (TPSA) is 55.4 Å². The summed E-state index contributed by atoms with van der Waals surface area (Å²) in [6.45, 7) is 2.18. The molecule has 0 spiro atoms. The van der Waals surface area contributed by atoms with Crippen LogP contribution < -0.4 is 5.32 Å². The third kappa shape index (κ3) is 3.82. The molecule has 132 valence electrons. The molecule has 3 rings (SSSR count). The van der Waals surface area contributed by atoms with Crippen molar-refractivity contribution < 1.29 is 14.3 Å². The van der Waals surface area contributed by atoms with E-state index in [2.05, 4.69) is 5.32 Å². The van der Waals surface area contributed by atoms with Crippen LogP contribution in [0.1, 0.15) is 79.1 Å². The minimum Gasteiger partial charge on any atom is -0.462 e. The zero-order valence-corrected chi connectivity index (χ0v) is 15.3. The Hall–Kier alpha value is -1.36. The number of ether oxygens (including phenoxy) is 1. The number of nitrogens with one attached hydrogen (secondary N) is 1. The molecule has 0 aliphatic heterocycles. The van der Waals surface area contributed by atoms with Gasteiger partial charge < -0.3 is 10.1 Å². The molecule has 0 aromatic carbocycles. The Balaban J connectivity index is 1.89. The minimum atomic E-state index is -0.280. The Morgan fingerprint density at radius 1 is 1.08 bits per heavy atom. The second-order valence-electron chi connectivity index (χ2n) is 6.81. The van der Waals surface area contributed by atoms with Gasteiger partial charge in [-0.2, -0.15) is 0 Å². The second-order valence-corrected chi connectivity index (χ2v) is 7.92. The maximum Gasteiger partial charge on any atom is 0.341 e. The molecule has 0 atom stereocenters. The zero-order valence-electron chi connectivity index (χ0n) is 14.5. The van der Waals surface area contributed by atoms with Gasteiger partial charge in [0.2, 0.25) is 5.91 Å². The number of hydrogen-bond donors (Lipinski definition) is 1. The van der Waals surface area contributed by atoms with Crippen molar-refractivity contribution in [2.45, 2.75) is 71.1 Å². The van der Waals surface area contributed by atoms with E-state index in [1.165, 1.54) is 17.7 Å². The normalized spacial score (nSPS) is 18.5. The molecule has 4 nitrogen and oxygen atoms in total. The van der Waals surface area contributed by atoms with E-state index in [1.807, 2.05) is 6.92 Å². The van der Waals surface area contributed by atoms with Gasteiger partial charge in [0.05, 0.1) is 12.2 Å². The maximum atomic E-state index is 12.5. The first kappa shape index (κ1) is 17.5. The van der Waals surface area contributed by atoms with Crippen LogP contribution >= 0.6 is 11.3 Å². The van der Waals surface area contributed by atoms with Crippen LogP contribution in [0.3, 0.4) is 0 Å². The predicted molar refractivity (Wildman–Crippen MR) is 96.7 cm³/mol. The van der Waals surface area contributed by atoms with E-state index in [9.17, 15) is 9.59 Å². The van der Waals surface area contributed by atoms with Crippen LogP contribution in [0.5, 0.6) is 0 Å². The molecule has 1 amide bonds. The van der Waals surface area contributed by atoms with Crippen LogP contribution in [0.4, 0.5) is 5.00 Å². The predicted octanol–water partition coefficient (Wildman–Crippen LogP) is 4.71. The first-order valence-corrected chi connectivity index (χ1v) is 10.1. The standard InChI is InChI=1S/C19H27NO3S/c1-2-23-19(22)16-14-11-5-3-4-6-12-15(14)24-18(16)20-17(21)13-9-7-8-10-13/h13H,2-12H2,1H3,(H,20,21). The molecule has 1 heterocycles. The summed E-state index contributed by atoms with van der Waals surface area (Å²) in [5.41, 5.74) is 1.75. The first-order chi connectivity index (χ1) is 11.7.